The van der Waals surface area contributed by atoms with Crippen molar-refractivity contribution in [2.45, 2.75) is 45.7 Å². The molecular formula is C14H29F3N4. The Morgan fingerprint density at radius 1 is 1.00 bits per heavy atom. The van der Waals surface area contributed by atoms with Crippen LogP contribution in [0.2, 0.25) is 0 Å². The van der Waals surface area contributed by atoms with E-state index in [2.05, 4.69) is 34.4 Å². The Morgan fingerprint density at radius 3 is 2.05 bits per heavy atom. The second kappa shape index (κ2) is 11.7. The van der Waals surface area contributed by atoms with E-state index >= 15 is 0 Å². The van der Waals surface area contributed by atoms with E-state index in [0.717, 1.165) is 38.9 Å². The number of hydrogen-bond acceptors (Lipinski definition) is 2. The van der Waals surface area contributed by atoms with Crippen molar-refractivity contribution in [3.8, 4) is 0 Å². The zero-order valence-electron chi connectivity index (χ0n) is 13.4. The molecule has 0 radical (unpaired) electrons. The lowest BCUT2D eigenvalue weighted by Gasteiger charge is -2.21. The fraction of sp³-hybridized carbons (Fsp3) is 0.929. The molecule has 4 nitrogen and oxygen atoms in total. The average Bonchev–Trinajstić information content (AvgIpc) is 2.40. The molecule has 0 aliphatic carbocycles. The van der Waals surface area contributed by atoms with Crippen LogP contribution in [0.3, 0.4) is 0 Å². The Hall–Kier alpha value is -0.980. The summed E-state index contributed by atoms with van der Waals surface area (Å²) in [7, 11) is 1.56. The van der Waals surface area contributed by atoms with Crippen LogP contribution in [0.15, 0.2) is 4.99 Å². The molecule has 0 bridgehead atoms. The van der Waals surface area contributed by atoms with Gasteiger partial charge in [-0.3, -0.25) is 4.99 Å². The monoisotopic (exact) mass is 310 g/mol. The van der Waals surface area contributed by atoms with Gasteiger partial charge in [0.1, 0.15) is 0 Å². The number of aliphatic imine (C=N–C) groups is 1. The van der Waals surface area contributed by atoms with E-state index in [0.29, 0.717) is 12.5 Å². The van der Waals surface area contributed by atoms with Crippen molar-refractivity contribution in [1.82, 2.24) is 15.5 Å². The molecule has 0 aliphatic heterocycles. The first-order valence-corrected chi connectivity index (χ1v) is 7.66. The fourth-order valence-electron chi connectivity index (χ4n) is 2.02. The van der Waals surface area contributed by atoms with Crippen LogP contribution in [0.5, 0.6) is 0 Å². The van der Waals surface area contributed by atoms with Gasteiger partial charge in [0, 0.05) is 20.1 Å². The Kier molecular flexibility index (Phi) is 11.1. The van der Waals surface area contributed by atoms with E-state index in [1.165, 1.54) is 0 Å². The predicted octanol–water partition coefficient (Wildman–Crippen LogP) is 2.62. The van der Waals surface area contributed by atoms with E-state index in [-0.39, 0.29) is 6.54 Å². The molecule has 0 saturated heterocycles. The van der Waals surface area contributed by atoms with Crippen molar-refractivity contribution in [2.24, 2.45) is 4.99 Å². The minimum atomic E-state index is -4.13. The Balaban J connectivity index is 3.81. The first kappa shape index (κ1) is 20.0. The highest BCUT2D eigenvalue weighted by Crippen LogP contribution is 2.17. The van der Waals surface area contributed by atoms with Gasteiger partial charge < -0.3 is 15.5 Å². The lowest BCUT2D eigenvalue weighted by molar-refractivity contribution is -0.132. The molecule has 0 aromatic heterocycles. The van der Waals surface area contributed by atoms with Gasteiger partial charge in [-0.15, -0.1) is 0 Å². The molecule has 0 atom stereocenters. The lowest BCUT2D eigenvalue weighted by atomic mass is 10.3. The summed E-state index contributed by atoms with van der Waals surface area (Å²) in [5.41, 5.74) is 0. The third-order valence-electron chi connectivity index (χ3n) is 2.95. The summed E-state index contributed by atoms with van der Waals surface area (Å²) in [6.07, 6.45) is -1.77. The number of halogens is 3. The topological polar surface area (TPSA) is 39.7 Å². The number of alkyl halides is 3. The molecule has 0 aliphatic rings. The first-order chi connectivity index (χ1) is 9.92. The van der Waals surface area contributed by atoms with Crippen molar-refractivity contribution in [2.75, 3.05) is 39.8 Å². The van der Waals surface area contributed by atoms with Crippen LogP contribution in [0.1, 0.15) is 39.5 Å². The molecule has 0 spiro atoms. The van der Waals surface area contributed by atoms with E-state index < -0.39 is 12.6 Å². The lowest BCUT2D eigenvalue weighted by Crippen LogP contribution is -2.40. The SMILES string of the molecule is CCCN(CCC)CCCNC(=NC)NCCC(F)(F)F. The number of guanidine groups is 1. The summed E-state index contributed by atoms with van der Waals surface area (Å²) < 4.78 is 36.1. The zero-order valence-corrected chi connectivity index (χ0v) is 13.4. The minimum absolute atomic E-state index is 0.152. The van der Waals surface area contributed by atoms with Gasteiger partial charge in [-0.2, -0.15) is 13.2 Å². The summed E-state index contributed by atoms with van der Waals surface area (Å²) >= 11 is 0. The van der Waals surface area contributed by atoms with Crippen LogP contribution in [0, 0.1) is 0 Å². The fourth-order valence-corrected chi connectivity index (χ4v) is 2.02. The van der Waals surface area contributed by atoms with Gasteiger partial charge >= 0.3 is 6.18 Å². The quantitative estimate of drug-likeness (QED) is 0.370. The highest BCUT2D eigenvalue weighted by Gasteiger charge is 2.26. The first-order valence-electron chi connectivity index (χ1n) is 7.66. The van der Waals surface area contributed by atoms with Crippen LogP contribution in [0.4, 0.5) is 13.2 Å². The highest BCUT2D eigenvalue weighted by atomic mass is 19.4. The summed E-state index contributed by atoms with van der Waals surface area (Å²) in [6.45, 7) is 8.05. The molecule has 0 saturated carbocycles. The van der Waals surface area contributed by atoms with Crippen molar-refractivity contribution < 1.29 is 13.2 Å². The summed E-state index contributed by atoms with van der Waals surface area (Å²) in [5.74, 6) is 0.428. The molecule has 7 heteroatoms. The van der Waals surface area contributed by atoms with Gasteiger partial charge in [-0.25, -0.2) is 0 Å². The van der Waals surface area contributed by atoms with Crippen LogP contribution in [-0.4, -0.2) is 56.8 Å². The molecule has 0 heterocycles. The number of rotatable bonds is 10. The van der Waals surface area contributed by atoms with Crippen LogP contribution in [-0.2, 0) is 0 Å². The Labute approximate surface area is 126 Å². The summed E-state index contributed by atoms with van der Waals surface area (Å²) in [6, 6.07) is 0. The molecule has 0 rings (SSSR count). The maximum absolute atomic E-state index is 12.0. The van der Waals surface area contributed by atoms with Gasteiger partial charge in [-0.05, 0) is 38.9 Å². The molecule has 21 heavy (non-hydrogen) atoms. The molecule has 0 aromatic carbocycles. The van der Waals surface area contributed by atoms with Gasteiger partial charge in [-0.1, -0.05) is 13.8 Å². The number of nitrogens with zero attached hydrogens (tertiary/aromatic N) is 2. The second-order valence-corrected chi connectivity index (χ2v) is 4.99. The molecule has 0 aromatic rings. The third kappa shape index (κ3) is 12.5. The maximum Gasteiger partial charge on any atom is 0.390 e. The molecule has 0 fully saturated rings. The molecule has 2 N–H and O–H groups in total. The summed E-state index contributed by atoms with van der Waals surface area (Å²) in [4.78, 5) is 6.31. The Bertz CT molecular complexity index is 274. The van der Waals surface area contributed by atoms with Gasteiger partial charge in [0.15, 0.2) is 5.96 Å². The van der Waals surface area contributed by atoms with Gasteiger partial charge in [0.05, 0.1) is 6.42 Å². The number of hydrogen-bond donors (Lipinski definition) is 2. The van der Waals surface area contributed by atoms with Crippen molar-refractivity contribution in [3.05, 3.63) is 0 Å². The zero-order chi connectivity index (χ0) is 16.1. The third-order valence-corrected chi connectivity index (χ3v) is 2.95. The van der Waals surface area contributed by atoms with Gasteiger partial charge in [0.2, 0.25) is 0 Å². The van der Waals surface area contributed by atoms with E-state index in [1.54, 1.807) is 7.05 Å². The van der Waals surface area contributed by atoms with E-state index in [4.69, 9.17) is 0 Å². The molecule has 0 unspecified atom stereocenters. The Morgan fingerprint density at radius 2 is 1.57 bits per heavy atom. The minimum Gasteiger partial charge on any atom is -0.356 e. The van der Waals surface area contributed by atoms with Gasteiger partial charge in [0.25, 0.3) is 0 Å². The highest BCUT2D eigenvalue weighted by molar-refractivity contribution is 5.79. The van der Waals surface area contributed by atoms with Crippen molar-refractivity contribution in [3.63, 3.8) is 0 Å². The smallest absolute Gasteiger partial charge is 0.356 e. The van der Waals surface area contributed by atoms with E-state index in [1.807, 2.05) is 0 Å². The van der Waals surface area contributed by atoms with Crippen LogP contribution < -0.4 is 10.6 Å². The number of nitrogens with one attached hydrogen (secondary N) is 2. The molecular weight excluding hydrogens is 281 g/mol. The van der Waals surface area contributed by atoms with Crippen molar-refractivity contribution >= 4 is 5.96 Å². The second-order valence-electron chi connectivity index (χ2n) is 4.99. The molecule has 126 valence electrons. The van der Waals surface area contributed by atoms with Crippen LogP contribution in [0.25, 0.3) is 0 Å². The summed E-state index contributed by atoms with van der Waals surface area (Å²) in [5, 5.41) is 5.71. The predicted molar refractivity (Wildman–Crippen MR) is 81.7 cm³/mol. The maximum atomic E-state index is 12.0. The average molecular weight is 310 g/mol. The molecule has 0 amide bonds. The largest absolute Gasteiger partial charge is 0.390 e. The van der Waals surface area contributed by atoms with Crippen molar-refractivity contribution in [1.29, 1.82) is 0 Å². The standard InChI is InChI=1S/C14H29F3N4/c1-4-10-21(11-5-2)12-6-8-19-13(18-3)20-9-7-14(15,16)17/h4-12H2,1-3H3,(H2,18,19,20). The van der Waals surface area contributed by atoms with Crippen LogP contribution >= 0.6 is 0 Å². The normalized spacial score (nSPS) is 12.8. The van der Waals surface area contributed by atoms with E-state index in [9.17, 15) is 13.2 Å².